The SMILES string of the molecule is CC(C)NC(=O)c1cccc(-c2[nH]c(-c3ccccc3)nc2-c2ccncc2)c1. The van der Waals surface area contributed by atoms with Gasteiger partial charge in [0.1, 0.15) is 5.82 Å². The topological polar surface area (TPSA) is 70.7 Å². The highest BCUT2D eigenvalue weighted by molar-refractivity contribution is 5.96. The summed E-state index contributed by atoms with van der Waals surface area (Å²) in [4.78, 5) is 24.9. The summed E-state index contributed by atoms with van der Waals surface area (Å²) in [6, 6.07) is 21.5. The van der Waals surface area contributed by atoms with E-state index < -0.39 is 0 Å². The van der Waals surface area contributed by atoms with Crippen molar-refractivity contribution >= 4 is 5.91 Å². The molecule has 4 aromatic rings. The summed E-state index contributed by atoms with van der Waals surface area (Å²) in [5, 5.41) is 2.94. The van der Waals surface area contributed by atoms with Gasteiger partial charge in [0, 0.05) is 40.7 Å². The van der Waals surface area contributed by atoms with Crippen molar-refractivity contribution in [3.63, 3.8) is 0 Å². The predicted octanol–water partition coefficient (Wildman–Crippen LogP) is 4.94. The third-order valence-electron chi connectivity index (χ3n) is 4.54. The largest absolute Gasteiger partial charge is 0.350 e. The number of carbonyl (C=O) groups is 1. The Hall–Kier alpha value is -3.73. The zero-order valence-corrected chi connectivity index (χ0v) is 16.4. The molecule has 1 amide bonds. The number of pyridine rings is 1. The Labute approximate surface area is 169 Å². The van der Waals surface area contributed by atoms with Crippen LogP contribution >= 0.6 is 0 Å². The van der Waals surface area contributed by atoms with Crippen LogP contribution in [0.4, 0.5) is 0 Å². The molecular formula is C24H22N4O. The van der Waals surface area contributed by atoms with Crippen molar-refractivity contribution in [2.75, 3.05) is 0 Å². The first kappa shape index (κ1) is 18.6. The maximum Gasteiger partial charge on any atom is 0.251 e. The van der Waals surface area contributed by atoms with E-state index in [1.165, 1.54) is 0 Å². The zero-order chi connectivity index (χ0) is 20.2. The molecule has 2 aromatic carbocycles. The summed E-state index contributed by atoms with van der Waals surface area (Å²) < 4.78 is 0. The molecule has 0 aliphatic rings. The van der Waals surface area contributed by atoms with Crippen LogP contribution in [0.1, 0.15) is 24.2 Å². The second kappa shape index (κ2) is 8.10. The predicted molar refractivity (Wildman–Crippen MR) is 115 cm³/mol. The van der Waals surface area contributed by atoms with E-state index in [-0.39, 0.29) is 11.9 Å². The summed E-state index contributed by atoms with van der Waals surface area (Å²) in [5.74, 6) is 0.694. The van der Waals surface area contributed by atoms with Gasteiger partial charge in [0.05, 0.1) is 11.4 Å². The van der Waals surface area contributed by atoms with Crippen molar-refractivity contribution < 1.29 is 4.79 Å². The van der Waals surface area contributed by atoms with E-state index in [1.54, 1.807) is 12.4 Å². The summed E-state index contributed by atoms with van der Waals surface area (Å²) in [5.41, 5.74) is 5.19. The first-order valence-corrected chi connectivity index (χ1v) is 9.59. The van der Waals surface area contributed by atoms with E-state index in [4.69, 9.17) is 4.98 Å². The fourth-order valence-corrected chi connectivity index (χ4v) is 3.20. The molecule has 0 aliphatic carbocycles. The van der Waals surface area contributed by atoms with Gasteiger partial charge < -0.3 is 10.3 Å². The molecule has 0 atom stereocenters. The molecule has 0 aliphatic heterocycles. The highest BCUT2D eigenvalue weighted by atomic mass is 16.1. The number of amides is 1. The Morgan fingerprint density at radius 1 is 0.897 bits per heavy atom. The van der Waals surface area contributed by atoms with Crippen molar-refractivity contribution in [2.45, 2.75) is 19.9 Å². The maximum absolute atomic E-state index is 12.5. The lowest BCUT2D eigenvalue weighted by Gasteiger charge is -2.09. The molecule has 4 rings (SSSR count). The smallest absolute Gasteiger partial charge is 0.251 e. The molecule has 0 saturated carbocycles. The third-order valence-corrected chi connectivity index (χ3v) is 4.54. The zero-order valence-electron chi connectivity index (χ0n) is 16.4. The molecule has 0 saturated heterocycles. The number of H-pyrrole nitrogens is 1. The number of aromatic amines is 1. The standard InChI is InChI=1S/C24H22N4O/c1-16(2)26-24(29)20-10-6-9-19(15-20)22-21(17-11-13-25-14-12-17)27-23(28-22)18-7-4-3-5-8-18/h3-16H,1-2H3,(H,26,29)(H,27,28). The molecule has 29 heavy (non-hydrogen) atoms. The van der Waals surface area contributed by atoms with Crippen molar-refractivity contribution in [3.8, 4) is 33.9 Å². The van der Waals surface area contributed by atoms with E-state index >= 15 is 0 Å². The van der Waals surface area contributed by atoms with Crippen LogP contribution in [0.2, 0.25) is 0 Å². The van der Waals surface area contributed by atoms with Gasteiger partial charge >= 0.3 is 0 Å². The Morgan fingerprint density at radius 3 is 2.34 bits per heavy atom. The number of imidazole rings is 1. The molecule has 5 nitrogen and oxygen atoms in total. The van der Waals surface area contributed by atoms with Crippen LogP contribution in [0.25, 0.3) is 33.9 Å². The second-order valence-corrected chi connectivity index (χ2v) is 7.12. The van der Waals surface area contributed by atoms with Gasteiger partial charge in [-0.3, -0.25) is 9.78 Å². The van der Waals surface area contributed by atoms with E-state index in [9.17, 15) is 4.79 Å². The Kier molecular flexibility index (Phi) is 5.20. The first-order valence-electron chi connectivity index (χ1n) is 9.59. The van der Waals surface area contributed by atoms with Gasteiger partial charge in [-0.1, -0.05) is 42.5 Å². The number of hydrogen-bond donors (Lipinski definition) is 2. The van der Waals surface area contributed by atoms with Gasteiger partial charge in [-0.05, 0) is 38.1 Å². The molecule has 144 valence electrons. The molecule has 0 bridgehead atoms. The van der Waals surface area contributed by atoms with Crippen molar-refractivity contribution in [2.24, 2.45) is 0 Å². The van der Waals surface area contributed by atoms with Gasteiger partial charge in [-0.15, -0.1) is 0 Å². The number of rotatable bonds is 5. The quantitative estimate of drug-likeness (QED) is 0.513. The van der Waals surface area contributed by atoms with Crippen LogP contribution < -0.4 is 5.32 Å². The van der Waals surface area contributed by atoms with Crippen LogP contribution in [0, 0.1) is 0 Å². The monoisotopic (exact) mass is 382 g/mol. The fourth-order valence-electron chi connectivity index (χ4n) is 3.20. The van der Waals surface area contributed by atoms with Gasteiger partial charge in [0.25, 0.3) is 5.91 Å². The van der Waals surface area contributed by atoms with Crippen molar-refractivity contribution in [3.05, 3.63) is 84.7 Å². The minimum Gasteiger partial charge on any atom is -0.350 e. The van der Waals surface area contributed by atoms with Crippen molar-refractivity contribution in [1.29, 1.82) is 0 Å². The summed E-state index contributed by atoms with van der Waals surface area (Å²) in [6.07, 6.45) is 3.50. The number of benzene rings is 2. The summed E-state index contributed by atoms with van der Waals surface area (Å²) in [6.45, 7) is 3.90. The first-order chi connectivity index (χ1) is 14.1. The van der Waals surface area contributed by atoms with E-state index in [0.29, 0.717) is 5.56 Å². The third kappa shape index (κ3) is 4.09. The molecular weight excluding hydrogens is 360 g/mol. The number of nitrogens with one attached hydrogen (secondary N) is 2. The van der Waals surface area contributed by atoms with E-state index in [1.807, 2.05) is 80.6 Å². The average Bonchev–Trinajstić information content (AvgIpc) is 3.20. The summed E-state index contributed by atoms with van der Waals surface area (Å²) in [7, 11) is 0. The minimum atomic E-state index is -0.0879. The van der Waals surface area contributed by atoms with Crippen LogP contribution in [-0.4, -0.2) is 26.9 Å². The fraction of sp³-hybridized carbons (Fsp3) is 0.125. The van der Waals surface area contributed by atoms with Crippen LogP contribution in [-0.2, 0) is 0 Å². The lowest BCUT2D eigenvalue weighted by atomic mass is 10.0. The number of carbonyl (C=O) groups excluding carboxylic acids is 1. The molecule has 2 N–H and O–H groups in total. The van der Waals surface area contributed by atoms with Gasteiger partial charge in [0.2, 0.25) is 0 Å². The van der Waals surface area contributed by atoms with Crippen LogP contribution in [0.3, 0.4) is 0 Å². The van der Waals surface area contributed by atoms with E-state index in [0.717, 1.165) is 33.9 Å². The molecule has 2 heterocycles. The molecule has 0 unspecified atom stereocenters. The number of nitrogens with zero attached hydrogens (tertiary/aromatic N) is 2. The highest BCUT2D eigenvalue weighted by Crippen LogP contribution is 2.33. The molecule has 0 fully saturated rings. The lowest BCUT2D eigenvalue weighted by Crippen LogP contribution is -2.30. The second-order valence-electron chi connectivity index (χ2n) is 7.12. The molecule has 5 heteroatoms. The Balaban J connectivity index is 1.83. The van der Waals surface area contributed by atoms with Gasteiger partial charge in [-0.2, -0.15) is 0 Å². The van der Waals surface area contributed by atoms with Crippen LogP contribution in [0.5, 0.6) is 0 Å². The minimum absolute atomic E-state index is 0.0790. The molecule has 0 radical (unpaired) electrons. The lowest BCUT2D eigenvalue weighted by molar-refractivity contribution is 0.0943. The normalized spacial score (nSPS) is 10.9. The van der Waals surface area contributed by atoms with E-state index in [2.05, 4.69) is 15.3 Å². The van der Waals surface area contributed by atoms with Gasteiger partial charge in [-0.25, -0.2) is 4.98 Å². The maximum atomic E-state index is 12.5. The number of hydrogen-bond acceptors (Lipinski definition) is 3. The molecule has 2 aromatic heterocycles. The highest BCUT2D eigenvalue weighted by Gasteiger charge is 2.16. The van der Waals surface area contributed by atoms with Crippen LogP contribution in [0.15, 0.2) is 79.1 Å². The average molecular weight is 382 g/mol. The Morgan fingerprint density at radius 2 is 1.62 bits per heavy atom. The number of aromatic nitrogens is 3. The van der Waals surface area contributed by atoms with Gasteiger partial charge in [0.15, 0.2) is 0 Å². The summed E-state index contributed by atoms with van der Waals surface area (Å²) >= 11 is 0. The Bertz CT molecular complexity index is 1120. The van der Waals surface area contributed by atoms with Crippen molar-refractivity contribution in [1.82, 2.24) is 20.3 Å². The molecule has 0 spiro atoms.